The first-order chi connectivity index (χ1) is 11.3. The first-order valence-electron chi connectivity index (χ1n) is 7.13. The van der Waals surface area contributed by atoms with E-state index < -0.39 is 23.6 Å². The minimum atomic E-state index is -4.72. The molecule has 0 aliphatic carbocycles. The van der Waals surface area contributed by atoms with E-state index in [0.717, 1.165) is 11.6 Å². The molecule has 0 N–H and O–H groups in total. The Balaban J connectivity index is 1.98. The highest BCUT2D eigenvalue weighted by Gasteiger charge is 2.41. The van der Waals surface area contributed by atoms with Crippen LogP contribution < -0.4 is 0 Å². The molecule has 126 valence electrons. The highest BCUT2D eigenvalue weighted by Crippen LogP contribution is 2.43. The molecule has 1 aliphatic rings. The fraction of sp³-hybridized carbons (Fsp3) is 0.235. The van der Waals surface area contributed by atoms with Crippen LogP contribution in [0, 0.1) is 5.82 Å². The molecule has 0 saturated heterocycles. The average Bonchev–Trinajstić information content (AvgIpc) is 2.84. The van der Waals surface area contributed by atoms with Crippen LogP contribution in [0.5, 0.6) is 0 Å². The summed E-state index contributed by atoms with van der Waals surface area (Å²) in [4.78, 5) is 13.0. The van der Waals surface area contributed by atoms with Crippen molar-refractivity contribution in [3.63, 3.8) is 0 Å². The van der Waals surface area contributed by atoms with Crippen molar-refractivity contribution in [2.75, 3.05) is 0 Å². The number of nitrogens with zero attached hydrogens (tertiary/aromatic N) is 1. The lowest BCUT2D eigenvalue weighted by molar-refractivity contribution is -0.138. The monoisotopic (exact) mass is 357 g/mol. The van der Waals surface area contributed by atoms with Crippen LogP contribution in [0.3, 0.4) is 0 Å². The first kappa shape index (κ1) is 16.9. The van der Waals surface area contributed by atoms with Crippen LogP contribution in [-0.2, 0) is 24.1 Å². The molecule has 0 bridgehead atoms. The van der Waals surface area contributed by atoms with Crippen LogP contribution in [0.15, 0.2) is 36.4 Å². The number of carbonyl (C=O) groups is 1. The number of fused-ring (bicyclic) bond motifs is 1. The molecule has 0 amide bonds. The first-order valence-corrected chi connectivity index (χ1v) is 7.50. The third-order valence-corrected chi connectivity index (χ3v) is 4.28. The Morgan fingerprint density at radius 3 is 2.46 bits per heavy atom. The molecule has 2 nitrogen and oxygen atoms in total. The Hall–Kier alpha value is -1.92. The summed E-state index contributed by atoms with van der Waals surface area (Å²) in [6, 6.07) is 7.24. The fourth-order valence-electron chi connectivity index (χ4n) is 3.02. The lowest BCUT2D eigenvalue weighted by Crippen LogP contribution is -2.24. The van der Waals surface area contributed by atoms with Gasteiger partial charge in [0.05, 0.1) is 11.6 Å². The molecule has 1 heterocycles. The zero-order valence-electron chi connectivity index (χ0n) is 12.3. The van der Waals surface area contributed by atoms with E-state index in [-0.39, 0.29) is 24.2 Å². The summed E-state index contributed by atoms with van der Waals surface area (Å²) < 4.78 is 53.2. The normalized spacial score (nSPS) is 17.8. The van der Waals surface area contributed by atoms with Crippen LogP contribution in [0.4, 0.5) is 17.6 Å². The fourth-order valence-corrected chi connectivity index (χ4v) is 3.15. The second-order valence-electron chi connectivity index (χ2n) is 5.64. The van der Waals surface area contributed by atoms with Gasteiger partial charge in [-0.15, -0.1) is 0 Å². The third kappa shape index (κ3) is 3.16. The van der Waals surface area contributed by atoms with Gasteiger partial charge in [-0.25, -0.2) is 4.39 Å². The maximum atomic E-state index is 13.6. The maximum Gasteiger partial charge on any atom is 0.416 e. The molecule has 0 spiro atoms. The van der Waals surface area contributed by atoms with Crippen molar-refractivity contribution in [2.45, 2.75) is 25.3 Å². The van der Waals surface area contributed by atoms with E-state index in [4.69, 9.17) is 11.6 Å². The van der Waals surface area contributed by atoms with E-state index in [9.17, 15) is 22.4 Å². The summed E-state index contributed by atoms with van der Waals surface area (Å²) in [6.45, 7) is 0.330. The van der Waals surface area contributed by atoms with Crippen LogP contribution in [-0.4, -0.2) is 11.2 Å². The van der Waals surface area contributed by atoms with Gasteiger partial charge in [0.2, 0.25) is 0 Å². The number of aldehydes is 1. The molecular weight excluding hydrogens is 346 g/mol. The smallest absolute Gasteiger partial charge is 0.301 e. The van der Waals surface area contributed by atoms with Crippen LogP contribution in [0.2, 0.25) is 5.02 Å². The number of benzene rings is 2. The molecule has 0 saturated carbocycles. The molecular formula is C17H12ClF4NO. The molecule has 24 heavy (non-hydrogen) atoms. The van der Waals surface area contributed by atoms with E-state index in [1.54, 1.807) is 29.2 Å². The molecule has 0 aromatic heterocycles. The summed E-state index contributed by atoms with van der Waals surface area (Å²) in [6.07, 6.45) is -4.25. The zero-order chi connectivity index (χ0) is 17.5. The van der Waals surface area contributed by atoms with Gasteiger partial charge >= 0.3 is 6.18 Å². The van der Waals surface area contributed by atoms with Gasteiger partial charge in [-0.05, 0) is 41.0 Å². The van der Waals surface area contributed by atoms with Crippen molar-refractivity contribution in [3.05, 3.63) is 69.5 Å². The Labute approximate surface area is 140 Å². The molecule has 2 aromatic carbocycles. The Kier molecular flexibility index (Phi) is 4.36. The lowest BCUT2D eigenvalue weighted by Gasteiger charge is -2.22. The number of alkyl halides is 3. The molecule has 1 atom stereocenters. The van der Waals surface area contributed by atoms with Crippen molar-refractivity contribution in [1.29, 1.82) is 0 Å². The number of halogens is 5. The molecule has 3 rings (SSSR count). The minimum Gasteiger partial charge on any atom is -0.301 e. The van der Waals surface area contributed by atoms with Gasteiger partial charge in [0, 0.05) is 18.1 Å². The van der Waals surface area contributed by atoms with Gasteiger partial charge in [-0.2, -0.15) is 13.2 Å². The highest BCUT2D eigenvalue weighted by atomic mass is 35.5. The summed E-state index contributed by atoms with van der Waals surface area (Å²) in [7, 11) is 0. The Morgan fingerprint density at radius 2 is 1.88 bits per heavy atom. The van der Waals surface area contributed by atoms with Crippen molar-refractivity contribution < 1.29 is 22.4 Å². The van der Waals surface area contributed by atoms with Gasteiger partial charge < -0.3 is 4.79 Å². The van der Waals surface area contributed by atoms with Crippen molar-refractivity contribution >= 4 is 17.9 Å². The summed E-state index contributed by atoms with van der Waals surface area (Å²) in [5, 5.41) is 0.539. The summed E-state index contributed by atoms with van der Waals surface area (Å²) in [5.41, 5.74) is -0.262. The molecule has 2 aromatic rings. The molecule has 7 heteroatoms. The number of rotatable bonds is 3. The second kappa shape index (κ2) is 6.18. The Morgan fingerprint density at radius 1 is 1.21 bits per heavy atom. The molecule has 0 radical (unpaired) electrons. The summed E-state index contributed by atoms with van der Waals surface area (Å²) in [5.74, 6) is -0.959. The Bertz CT molecular complexity index is 773. The van der Waals surface area contributed by atoms with Crippen molar-refractivity contribution in [3.8, 4) is 0 Å². The van der Waals surface area contributed by atoms with E-state index in [2.05, 4.69) is 0 Å². The average molecular weight is 358 g/mol. The van der Waals surface area contributed by atoms with E-state index in [0.29, 0.717) is 17.4 Å². The largest absolute Gasteiger partial charge is 0.416 e. The van der Waals surface area contributed by atoms with E-state index in [1.807, 2.05) is 0 Å². The highest BCUT2D eigenvalue weighted by molar-refractivity contribution is 6.30. The van der Waals surface area contributed by atoms with Gasteiger partial charge in [-0.1, -0.05) is 23.7 Å². The van der Waals surface area contributed by atoms with Crippen molar-refractivity contribution in [1.82, 2.24) is 4.90 Å². The summed E-state index contributed by atoms with van der Waals surface area (Å²) >= 11 is 5.81. The maximum absolute atomic E-state index is 13.6. The lowest BCUT2D eigenvalue weighted by atomic mass is 9.98. The number of carbonyl (C=O) groups excluding carboxylic acids is 1. The number of hydrogen-bond donors (Lipinski definition) is 0. The number of hydrogen-bond acceptors (Lipinski definition) is 2. The minimum absolute atomic E-state index is 0.0716. The van der Waals surface area contributed by atoms with Gasteiger partial charge in [0.15, 0.2) is 0 Å². The zero-order valence-corrected chi connectivity index (χ0v) is 13.0. The molecule has 1 unspecified atom stereocenters. The van der Waals surface area contributed by atoms with Crippen LogP contribution in [0.1, 0.15) is 28.3 Å². The standard InChI is InChI=1S/C17H12ClF4NO/c18-12-3-1-10(2-4-12)7-23-8-11-5-13(19)6-14(17(20,21)22)16(11)15(23)9-24/h1-6,9,15H,7-8H2. The van der Waals surface area contributed by atoms with Crippen LogP contribution >= 0.6 is 11.6 Å². The second-order valence-corrected chi connectivity index (χ2v) is 6.07. The van der Waals surface area contributed by atoms with Gasteiger partial charge in [-0.3, -0.25) is 4.90 Å². The van der Waals surface area contributed by atoms with E-state index >= 15 is 0 Å². The SMILES string of the molecule is O=CC1c2c(cc(F)cc2C(F)(F)F)CN1Cc1ccc(Cl)cc1. The van der Waals surface area contributed by atoms with Crippen LogP contribution in [0.25, 0.3) is 0 Å². The van der Waals surface area contributed by atoms with Gasteiger partial charge in [0.25, 0.3) is 0 Å². The van der Waals surface area contributed by atoms with Crippen molar-refractivity contribution in [2.24, 2.45) is 0 Å². The molecule has 1 aliphatic heterocycles. The van der Waals surface area contributed by atoms with E-state index in [1.165, 1.54) is 0 Å². The third-order valence-electron chi connectivity index (χ3n) is 4.03. The topological polar surface area (TPSA) is 20.3 Å². The molecule has 0 fully saturated rings. The quantitative estimate of drug-likeness (QED) is 0.583. The predicted molar refractivity (Wildman–Crippen MR) is 80.9 cm³/mol. The van der Waals surface area contributed by atoms with Gasteiger partial charge in [0.1, 0.15) is 12.1 Å². The predicted octanol–water partition coefficient (Wildman–Crippen LogP) is 4.75.